The van der Waals surface area contributed by atoms with Crippen molar-refractivity contribution < 1.29 is 24.5 Å². The molecular formula is C24H29NO5. The molecule has 2 unspecified atom stereocenters. The van der Waals surface area contributed by atoms with Crippen LogP contribution in [0.25, 0.3) is 6.08 Å². The zero-order valence-electron chi connectivity index (χ0n) is 17.9. The average molecular weight is 411 g/mol. The fraction of sp³-hybridized carbons (Fsp3) is 0.375. The highest BCUT2D eigenvalue weighted by atomic mass is 16.5. The van der Waals surface area contributed by atoms with E-state index in [1.807, 2.05) is 43.1 Å². The minimum atomic E-state index is -0.358. The standard InChI is InChI=1S/C24H29NO5/c1-15-7-5-6-8-16(15)9-10-19(27)23-21(30-4)13-20(29-3)22(24(23)28)17-11-12-25(2)18(17)14-26/h5-10,13,17-18,26,28H,11-12,14H2,1-4H3/b10-9+. The number of aliphatic hydroxyl groups is 1. The largest absolute Gasteiger partial charge is 0.507 e. The van der Waals surface area contributed by atoms with E-state index in [2.05, 4.69) is 0 Å². The van der Waals surface area contributed by atoms with Crippen molar-refractivity contribution in [3.05, 3.63) is 58.7 Å². The fourth-order valence-electron chi connectivity index (χ4n) is 4.20. The van der Waals surface area contributed by atoms with Gasteiger partial charge >= 0.3 is 0 Å². The number of allylic oxidation sites excluding steroid dienone is 1. The number of ketones is 1. The number of methoxy groups -OCH3 is 2. The van der Waals surface area contributed by atoms with Crippen molar-refractivity contribution in [3.8, 4) is 17.2 Å². The Kier molecular flexibility index (Phi) is 6.80. The number of carbonyl (C=O) groups excluding carboxylic acids is 1. The first kappa shape index (κ1) is 21.9. The molecule has 2 aromatic rings. The van der Waals surface area contributed by atoms with E-state index in [4.69, 9.17) is 9.47 Å². The quantitative estimate of drug-likeness (QED) is 0.537. The Morgan fingerprint density at radius 3 is 2.57 bits per heavy atom. The Balaban J connectivity index is 2.08. The van der Waals surface area contributed by atoms with Gasteiger partial charge in [0, 0.05) is 23.6 Å². The second kappa shape index (κ2) is 9.32. The van der Waals surface area contributed by atoms with Gasteiger partial charge in [0.15, 0.2) is 5.78 Å². The molecule has 0 radical (unpaired) electrons. The van der Waals surface area contributed by atoms with Gasteiger partial charge in [-0.1, -0.05) is 30.3 Å². The third kappa shape index (κ3) is 4.06. The summed E-state index contributed by atoms with van der Waals surface area (Å²) < 4.78 is 10.9. The lowest BCUT2D eigenvalue weighted by molar-refractivity contribution is 0.104. The first-order valence-electron chi connectivity index (χ1n) is 9.99. The molecule has 1 fully saturated rings. The summed E-state index contributed by atoms with van der Waals surface area (Å²) in [6, 6.07) is 9.22. The van der Waals surface area contributed by atoms with Crippen molar-refractivity contribution in [1.82, 2.24) is 4.90 Å². The average Bonchev–Trinajstić information content (AvgIpc) is 3.11. The van der Waals surface area contributed by atoms with E-state index >= 15 is 0 Å². The minimum Gasteiger partial charge on any atom is -0.507 e. The van der Waals surface area contributed by atoms with E-state index in [0.717, 1.165) is 24.1 Å². The van der Waals surface area contributed by atoms with Crippen LogP contribution >= 0.6 is 0 Å². The summed E-state index contributed by atoms with van der Waals surface area (Å²) in [6.07, 6.45) is 3.92. The number of likely N-dealkylation sites (N-methyl/N-ethyl adjacent to an activating group) is 1. The van der Waals surface area contributed by atoms with Crippen LogP contribution < -0.4 is 9.47 Å². The SMILES string of the molecule is COc1cc(OC)c(C2CCN(C)C2CO)c(O)c1C(=O)/C=C/c1ccccc1C. The number of hydrogen-bond acceptors (Lipinski definition) is 6. The third-order valence-electron chi connectivity index (χ3n) is 5.94. The smallest absolute Gasteiger partial charge is 0.193 e. The van der Waals surface area contributed by atoms with E-state index in [-0.39, 0.29) is 41.4 Å². The Labute approximate surface area is 177 Å². The van der Waals surface area contributed by atoms with Gasteiger partial charge < -0.3 is 24.6 Å². The van der Waals surface area contributed by atoms with Crippen LogP contribution in [0.2, 0.25) is 0 Å². The molecule has 1 saturated heterocycles. The number of phenols is 1. The van der Waals surface area contributed by atoms with Crippen LogP contribution in [0, 0.1) is 6.92 Å². The van der Waals surface area contributed by atoms with E-state index in [9.17, 15) is 15.0 Å². The number of rotatable bonds is 7. The van der Waals surface area contributed by atoms with Crippen molar-refractivity contribution in [1.29, 1.82) is 0 Å². The summed E-state index contributed by atoms with van der Waals surface area (Å²) in [5.41, 5.74) is 2.61. The number of nitrogens with zero attached hydrogens (tertiary/aromatic N) is 1. The van der Waals surface area contributed by atoms with Gasteiger partial charge in [0.05, 0.1) is 20.8 Å². The van der Waals surface area contributed by atoms with Crippen molar-refractivity contribution in [2.24, 2.45) is 0 Å². The molecule has 2 N–H and O–H groups in total. The molecular weight excluding hydrogens is 382 g/mol. The van der Waals surface area contributed by atoms with Crippen LogP contribution in [0.4, 0.5) is 0 Å². The predicted molar refractivity (Wildman–Crippen MR) is 117 cm³/mol. The summed E-state index contributed by atoms with van der Waals surface area (Å²) in [5.74, 6) is 0.0301. The molecule has 0 aliphatic carbocycles. The Hall–Kier alpha value is -2.83. The van der Waals surface area contributed by atoms with Crippen molar-refractivity contribution in [2.75, 3.05) is 34.4 Å². The van der Waals surface area contributed by atoms with E-state index in [0.29, 0.717) is 11.3 Å². The number of aromatic hydroxyl groups is 1. The Morgan fingerprint density at radius 1 is 1.23 bits per heavy atom. The van der Waals surface area contributed by atoms with Crippen molar-refractivity contribution in [3.63, 3.8) is 0 Å². The van der Waals surface area contributed by atoms with Gasteiger partial charge in [-0.25, -0.2) is 0 Å². The third-order valence-corrected chi connectivity index (χ3v) is 5.94. The predicted octanol–water partition coefficient (Wildman–Crippen LogP) is 3.39. The molecule has 1 aliphatic heterocycles. The second-order valence-corrected chi connectivity index (χ2v) is 7.60. The topological polar surface area (TPSA) is 79.2 Å². The lowest BCUT2D eigenvalue weighted by atomic mass is 9.87. The number of hydrogen-bond donors (Lipinski definition) is 2. The molecule has 3 rings (SSSR count). The van der Waals surface area contributed by atoms with Gasteiger partial charge in [0.2, 0.25) is 0 Å². The van der Waals surface area contributed by atoms with Crippen molar-refractivity contribution >= 4 is 11.9 Å². The highest BCUT2D eigenvalue weighted by Gasteiger charge is 2.37. The monoisotopic (exact) mass is 411 g/mol. The number of carbonyl (C=O) groups is 1. The number of aryl methyl sites for hydroxylation is 1. The number of aliphatic hydroxyl groups excluding tert-OH is 1. The maximum atomic E-state index is 13.1. The van der Waals surface area contributed by atoms with Gasteiger partial charge in [0.1, 0.15) is 22.8 Å². The van der Waals surface area contributed by atoms with Crippen LogP contribution in [0.15, 0.2) is 36.4 Å². The number of benzene rings is 2. The van der Waals surface area contributed by atoms with E-state index in [1.54, 1.807) is 12.1 Å². The first-order chi connectivity index (χ1) is 14.4. The first-order valence-corrected chi connectivity index (χ1v) is 9.99. The zero-order chi connectivity index (χ0) is 21.8. The molecule has 1 heterocycles. The van der Waals surface area contributed by atoms with Gasteiger partial charge in [-0.2, -0.15) is 0 Å². The van der Waals surface area contributed by atoms with E-state index < -0.39 is 0 Å². The lowest BCUT2D eigenvalue weighted by Gasteiger charge is -2.26. The molecule has 2 atom stereocenters. The number of phenolic OH excluding ortho intramolecular Hbond substituents is 1. The molecule has 0 spiro atoms. The number of ether oxygens (including phenoxy) is 2. The van der Waals surface area contributed by atoms with Crippen molar-refractivity contribution in [2.45, 2.75) is 25.3 Å². The highest BCUT2D eigenvalue weighted by molar-refractivity contribution is 6.11. The van der Waals surface area contributed by atoms with Crippen LogP contribution in [-0.4, -0.2) is 61.4 Å². The van der Waals surface area contributed by atoms with Gasteiger partial charge in [-0.15, -0.1) is 0 Å². The van der Waals surface area contributed by atoms with Crippen LogP contribution in [0.5, 0.6) is 17.2 Å². The Bertz CT molecular complexity index is 953. The van der Waals surface area contributed by atoms with Gasteiger partial charge in [-0.05, 0) is 44.1 Å². The van der Waals surface area contributed by atoms with E-state index in [1.165, 1.54) is 20.3 Å². The summed E-state index contributed by atoms with van der Waals surface area (Å²) in [5, 5.41) is 21.1. The molecule has 0 amide bonds. The maximum absolute atomic E-state index is 13.1. The summed E-state index contributed by atoms with van der Waals surface area (Å²) in [4.78, 5) is 15.1. The van der Waals surface area contributed by atoms with Crippen LogP contribution in [0.1, 0.15) is 39.4 Å². The van der Waals surface area contributed by atoms with Gasteiger partial charge in [0.25, 0.3) is 0 Å². The molecule has 6 nitrogen and oxygen atoms in total. The number of likely N-dealkylation sites (tertiary alicyclic amines) is 1. The minimum absolute atomic E-state index is 0.0493. The summed E-state index contributed by atoms with van der Waals surface area (Å²) >= 11 is 0. The fourth-order valence-corrected chi connectivity index (χ4v) is 4.20. The second-order valence-electron chi connectivity index (χ2n) is 7.60. The molecule has 6 heteroatoms. The maximum Gasteiger partial charge on any atom is 0.193 e. The van der Waals surface area contributed by atoms with Gasteiger partial charge in [-0.3, -0.25) is 4.79 Å². The molecule has 160 valence electrons. The molecule has 30 heavy (non-hydrogen) atoms. The molecule has 0 saturated carbocycles. The Morgan fingerprint density at radius 2 is 1.93 bits per heavy atom. The highest BCUT2D eigenvalue weighted by Crippen LogP contribution is 2.47. The normalized spacial score (nSPS) is 19.4. The molecule has 1 aliphatic rings. The molecule has 0 bridgehead atoms. The molecule has 2 aromatic carbocycles. The zero-order valence-corrected chi connectivity index (χ0v) is 17.9. The van der Waals surface area contributed by atoms with Crippen LogP contribution in [-0.2, 0) is 0 Å². The molecule has 0 aromatic heterocycles. The lowest BCUT2D eigenvalue weighted by Crippen LogP contribution is -2.32. The van der Waals surface area contributed by atoms with Crippen LogP contribution in [0.3, 0.4) is 0 Å². The summed E-state index contributed by atoms with van der Waals surface area (Å²) in [6.45, 7) is 2.70. The summed E-state index contributed by atoms with van der Waals surface area (Å²) in [7, 11) is 4.91.